The lowest BCUT2D eigenvalue weighted by atomic mass is 10.1. The first kappa shape index (κ1) is 19.1. The Morgan fingerprint density at radius 2 is 1.93 bits per heavy atom. The maximum atomic E-state index is 12.9. The molecule has 0 radical (unpaired) electrons. The molecule has 0 atom stereocenters. The number of carbonyl (C=O) groups is 2. The van der Waals surface area contributed by atoms with E-state index in [0.29, 0.717) is 28.5 Å². The molecule has 1 aliphatic heterocycles. The van der Waals surface area contributed by atoms with E-state index in [1.165, 1.54) is 40.5 Å². The van der Waals surface area contributed by atoms with Crippen molar-refractivity contribution in [2.75, 3.05) is 18.8 Å². The van der Waals surface area contributed by atoms with Crippen LogP contribution in [0, 0.1) is 19.7 Å². The van der Waals surface area contributed by atoms with E-state index in [-0.39, 0.29) is 17.7 Å². The monoisotopic (exact) mass is 415 g/mol. The van der Waals surface area contributed by atoms with Gasteiger partial charge in [0.15, 0.2) is 0 Å². The Labute approximate surface area is 169 Å². The molecular weight excluding hydrogens is 397 g/mol. The largest absolute Gasteiger partial charge is 0.415 e. The molecule has 1 aliphatic rings. The van der Waals surface area contributed by atoms with Crippen LogP contribution in [0.15, 0.2) is 24.3 Å². The first-order valence-corrected chi connectivity index (χ1v) is 9.70. The number of amides is 2. The summed E-state index contributed by atoms with van der Waals surface area (Å²) in [5, 5.41) is 11.8. The molecular formula is C19H18FN5O3S. The van der Waals surface area contributed by atoms with Crippen LogP contribution in [0.25, 0.3) is 10.2 Å². The molecule has 3 N–H and O–H groups in total. The molecule has 2 amide bonds. The van der Waals surface area contributed by atoms with Gasteiger partial charge in [-0.15, -0.1) is 16.4 Å². The molecule has 1 aromatic carbocycles. The van der Waals surface area contributed by atoms with E-state index < -0.39 is 11.9 Å². The zero-order valence-electron chi connectivity index (χ0n) is 15.7. The number of likely N-dealkylation sites (tertiary alicyclic amines) is 1. The number of halogens is 1. The molecule has 0 spiro atoms. The quantitative estimate of drug-likeness (QED) is 0.680. The van der Waals surface area contributed by atoms with Gasteiger partial charge in [0.25, 0.3) is 5.91 Å². The Kier molecular flexibility index (Phi) is 4.79. The third-order valence-corrected chi connectivity index (χ3v) is 5.92. The van der Waals surface area contributed by atoms with Crippen molar-refractivity contribution in [3.8, 4) is 5.75 Å². The predicted octanol–water partition coefficient (Wildman–Crippen LogP) is 2.64. The van der Waals surface area contributed by atoms with E-state index in [0.717, 1.165) is 16.6 Å². The third-order valence-electron chi connectivity index (χ3n) is 4.84. The van der Waals surface area contributed by atoms with Crippen LogP contribution in [0.5, 0.6) is 5.75 Å². The van der Waals surface area contributed by atoms with Crippen molar-refractivity contribution >= 4 is 39.2 Å². The maximum Gasteiger partial charge on any atom is 0.415 e. The fraction of sp³-hybridized carbons (Fsp3) is 0.263. The van der Waals surface area contributed by atoms with Crippen molar-refractivity contribution in [1.82, 2.24) is 20.4 Å². The molecule has 8 nitrogen and oxygen atoms in total. The van der Waals surface area contributed by atoms with Crippen LogP contribution in [-0.2, 0) is 0 Å². The minimum absolute atomic E-state index is 0.207. The van der Waals surface area contributed by atoms with E-state index in [1.807, 2.05) is 13.8 Å². The number of aromatic nitrogens is 2. The molecule has 4 rings (SSSR count). The fourth-order valence-corrected chi connectivity index (χ4v) is 4.05. The Morgan fingerprint density at radius 3 is 2.62 bits per heavy atom. The summed E-state index contributed by atoms with van der Waals surface area (Å²) >= 11 is 1.19. The average Bonchev–Trinajstić information content (AvgIpc) is 3.00. The van der Waals surface area contributed by atoms with Gasteiger partial charge in [0.2, 0.25) is 0 Å². The summed E-state index contributed by atoms with van der Waals surface area (Å²) in [6, 6.07) is 4.98. The van der Waals surface area contributed by atoms with Gasteiger partial charge in [-0.1, -0.05) is 0 Å². The van der Waals surface area contributed by atoms with E-state index in [4.69, 9.17) is 10.5 Å². The number of fused-ring (bicyclic) bond motifs is 1. The number of carbonyl (C=O) groups excluding carboxylic acids is 2. The molecule has 1 fully saturated rings. The number of rotatable bonds is 3. The zero-order valence-corrected chi connectivity index (χ0v) is 16.5. The highest BCUT2D eigenvalue weighted by Crippen LogP contribution is 2.34. The number of benzene rings is 1. The van der Waals surface area contributed by atoms with Crippen LogP contribution in [-0.4, -0.2) is 46.2 Å². The fourth-order valence-electron chi connectivity index (χ4n) is 3.05. The molecule has 3 heterocycles. The van der Waals surface area contributed by atoms with Crippen molar-refractivity contribution in [1.29, 1.82) is 0 Å². The maximum absolute atomic E-state index is 12.9. The van der Waals surface area contributed by atoms with Crippen LogP contribution in [0.3, 0.4) is 0 Å². The summed E-state index contributed by atoms with van der Waals surface area (Å²) in [6.45, 7) is 4.36. The van der Waals surface area contributed by atoms with Crippen LogP contribution in [0.4, 0.5) is 14.9 Å². The minimum atomic E-state index is -0.551. The molecule has 150 valence electrons. The molecule has 1 saturated heterocycles. The Bertz CT molecular complexity index is 1110. The number of aryl methyl sites for hydroxylation is 2. The normalized spacial score (nSPS) is 14.0. The highest BCUT2D eigenvalue weighted by Gasteiger charge is 2.34. The predicted molar refractivity (Wildman–Crippen MR) is 107 cm³/mol. The number of thiophene rings is 1. The highest BCUT2D eigenvalue weighted by molar-refractivity contribution is 7.21. The van der Waals surface area contributed by atoms with E-state index >= 15 is 0 Å². The first-order valence-electron chi connectivity index (χ1n) is 8.88. The second-order valence-electron chi connectivity index (χ2n) is 6.83. The molecule has 2 aromatic heterocycles. The van der Waals surface area contributed by atoms with Gasteiger partial charge in [-0.2, -0.15) is 5.10 Å². The standard InChI is InChI=1S/C19H18FN5O3S/c1-9-10(2)23-24-18-14(9)15(21)16(29-18)17(26)22-12-7-25(8-12)19(27)28-13-5-3-11(20)4-6-13/h3-6,12H,7-8,21H2,1-2H3,(H,22,26). The number of hydrogen-bond acceptors (Lipinski definition) is 7. The zero-order chi connectivity index (χ0) is 20.7. The summed E-state index contributed by atoms with van der Waals surface area (Å²) < 4.78 is 18.1. The van der Waals surface area contributed by atoms with Crippen LogP contribution < -0.4 is 15.8 Å². The van der Waals surface area contributed by atoms with E-state index in [9.17, 15) is 14.0 Å². The molecule has 3 aromatic rings. The number of nitrogen functional groups attached to an aromatic ring is 1. The molecule has 0 saturated carbocycles. The van der Waals surface area contributed by atoms with Gasteiger partial charge in [-0.25, -0.2) is 9.18 Å². The minimum Gasteiger partial charge on any atom is -0.410 e. The van der Waals surface area contributed by atoms with Gasteiger partial charge in [0.05, 0.1) is 17.4 Å². The Balaban J connectivity index is 1.37. The van der Waals surface area contributed by atoms with Crippen molar-refractivity contribution in [3.05, 3.63) is 46.2 Å². The average molecular weight is 415 g/mol. The smallest absolute Gasteiger partial charge is 0.410 e. The molecule has 0 unspecified atom stereocenters. The number of nitrogens with two attached hydrogens (primary N) is 1. The topological polar surface area (TPSA) is 110 Å². The summed E-state index contributed by atoms with van der Waals surface area (Å²) in [7, 11) is 0. The SMILES string of the molecule is Cc1nnc2sc(C(=O)NC3CN(C(=O)Oc4ccc(F)cc4)C3)c(N)c2c1C. The summed E-state index contributed by atoms with van der Waals surface area (Å²) in [5.41, 5.74) is 8.25. The van der Waals surface area contributed by atoms with E-state index in [2.05, 4.69) is 15.5 Å². The molecule has 29 heavy (non-hydrogen) atoms. The second-order valence-corrected chi connectivity index (χ2v) is 7.83. The lowest BCUT2D eigenvalue weighted by Crippen LogP contribution is -2.61. The van der Waals surface area contributed by atoms with Gasteiger partial charge < -0.3 is 20.7 Å². The van der Waals surface area contributed by atoms with Gasteiger partial charge in [-0.05, 0) is 43.7 Å². The van der Waals surface area contributed by atoms with E-state index in [1.54, 1.807) is 0 Å². The van der Waals surface area contributed by atoms with Gasteiger partial charge in [-0.3, -0.25) is 4.79 Å². The van der Waals surface area contributed by atoms with Crippen LogP contribution >= 0.6 is 11.3 Å². The number of ether oxygens (including phenoxy) is 1. The second kappa shape index (κ2) is 7.28. The molecule has 10 heteroatoms. The number of nitrogens with zero attached hydrogens (tertiary/aromatic N) is 3. The number of nitrogens with one attached hydrogen (secondary N) is 1. The van der Waals surface area contributed by atoms with Crippen molar-refractivity contribution in [3.63, 3.8) is 0 Å². The summed E-state index contributed by atoms with van der Waals surface area (Å²) in [5.74, 6) is -0.457. The van der Waals surface area contributed by atoms with Gasteiger partial charge in [0.1, 0.15) is 21.3 Å². The van der Waals surface area contributed by atoms with Gasteiger partial charge >= 0.3 is 6.09 Å². The van der Waals surface area contributed by atoms with Crippen LogP contribution in [0.1, 0.15) is 20.9 Å². The van der Waals surface area contributed by atoms with Crippen molar-refractivity contribution < 1.29 is 18.7 Å². The van der Waals surface area contributed by atoms with Gasteiger partial charge in [0, 0.05) is 18.5 Å². The lowest BCUT2D eigenvalue weighted by Gasteiger charge is -2.38. The van der Waals surface area contributed by atoms with Crippen molar-refractivity contribution in [2.45, 2.75) is 19.9 Å². The first-order chi connectivity index (χ1) is 13.8. The molecule has 0 bridgehead atoms. The molecule has 0 aliphatic carbocycles. The van der Waals surface area contributed by atoms with Crippen molar-refractivity contribution in [2.24, 2.45) is 0 Å². The number of hydrogen-bond donors (Lipinski definition) is 2. The Morgan fingerprint density at radius 1 is 1.24 bits per heavy atom. The lowest BCUT2D eigenvalue weighted by molar-refractivity contribution is 0.0792. The highest BCUT2D eigenvalue weighted by atomic mass is 32.1. The number of anilines is 1. The Hall–Kier alpha value is -3.27. The summed E-state index contributed by atoms with van der Waals surface area (Å²) in [4.78, 5) is 27.2. The third kappa shape index (κ3) is 3.58. The summed E-state index contributed by atoms with van der Waals surface area (Å²) in [6.07, 6.45) is -0.551. The van der Waals surface area contributed by atoms with Crippen LogP contribution in [0.2, 0.25) is 0 Å².